The zero-order chi connectivity index (χ0) is 18.1. The van der Waals surface area contributed by atoms with Crippen LogP contribution in [0.4, 0.5) is 0 Å². The number of aryl methyl sites for hydroxylation is 3. The Morgan fingerprint density at radius 1 is 0.926 bits per heavy atom. The molecule has 0 unspecified atom stereocenters. The van der Waals surface area contributed by atoms with Crippen LogP contribution in [0.1, 0.15) is 31.1 Å². The first-order valence-electron chi connectivity index (χ1n) is 8.82. The van der Waals surface area contributed by atoms with Crippen LogP contribution in [-0.2, 0) is 12.8 Å². The fourth-order valence-electron chi connectivity index (χ4n) is 3.04. The van der Waals surface area contributed by atoms with Crippen LogP contribution in [-0.4, -0.2) is 29.5 Å². The van der Waals surface area contributed by atoms with Crippen LogP contribution in [0.5, 0.6) is 0 Å². The lowest BCUT2D eigenvalue weighted by Gasteiger charge is -2.12. The maximum Gasteiger partial charge on any atom is 0.149 e. The molecule has 0 aliphatic rings. The second kappa shape index (κ2) is 7.59. The molecule has 27 heavy (non-hydrogen) atoms. The zero-order valence-corrected chi connectivity index (χ0v) is 15.8. The number of hydrogen-bond acceptors (Lipinski definition) is 6. The Morgan fingerprint density at radius 3 is 2.48 bits per heavy atom. The summed E-state index contributed by atoms with van der Waals surface area (Å²) < 4.78 is 2.08. The molecule has 0 aliphatic heterocycles. The number of fused-ring (bicyclic) bond motifs is 1. The standard InChI is InChI=1S/C20H20N6.H3N/c1-4-16-15(11-23-19(5-2)24-16)20-25-17-8-9-21-12-18(17)26(20)14-7-6-13(3)22-10-14;/h6-12H,4-5H2,1-3H3;1H3. The van der Waals surface area contributed by atoms with Crippen molar-refractivity contribution < 1.29 is 0 Å². The summed E-state index contributed by atoms with van der Waals surface area (Å²) in [5.41, 5.74) is 5.69. The van der Waals surface area contributed by atoms with E-state index in [0.29, 0.717) is 0 Å². The van der Waals surface area contributed by atoms with Crippen molar-refractivity contribution in [2.24, 2.45) is 0 Å². The highest BCUT2D eigenvalue weighted by atomic mass is 15.1. The highest BCUT2D eigenvalue weighted by molar-refractivity contribution is 5.82. The third-order valence-corrected chi connectivity index (χ3v) is 4.42. The minimum Gasteiger partial charge on any atom is -0.344 e. The van der Waals surface area contributed by atoms with Crippen molar-refractivity contribution in [2.75, 3.05) is 0 Å². The lowest BCUT2D eigenvalue weighted by atomic mass is 10.1. The molecular formula is C20H23N7. The average molecular weight is 361 g/mol. The number of hydrogen-bond donors (Lipinski definition) is 1. The largest absolute Gasteiger partial charge is 0.344 e. The van der Waals surface area contributed by atoms with Gasteiger partial charge in [0.1, 0.15) is 11.6 Å². The Labute approximate surface area is 158 Å². The molecule has 0 aromatic carbocycles. The quantitative estimate of drug-likeness (QED) is 0.591. The van der Waals surface area contributed by atoms with Gasteiger partial charge in [-0.05, 0) is 31.5 Å². The first-order chi connectivity index (χ1) is 12.7. The van der Waals surface area contributed by atoms with Crippen LogP contribution in [0.15, 0.2) is 43.0 Å². The monoisotopic (exact) mass is 361 g/mol. The molecule has 0 saturated heterocycles. The molecule has 0 aliphatic carbocycles. The maximum absolute atomic E-state index is 4.86. The number of aromatic nitrogens is 6. The van der Waals surface area contributed by atoms with E-state index in [-0.39, 0.29) is 6.15 Å². The van der Waals surface area contributed by atoms with Crippen molar-refractivity contribution in [1.82, 2.24) is 35.6 Å². The van der Waals surface area contributed by atoms with E-state index in [1.165, 1.54) is 0 Å². The van der Waals surface area contributed by atoms with Gasteiger partial charge in [0.2, 0.25) is 0 Å². The van der Waals surface area contributed by atoms with E-state index in [1.807, 2.05) is 43.7 Å². The molecule has 138 valence electrons. The smallest absolute Gasteiger partial charge is 0.149 e. The summed E-state index contributed by atoms with van der Waals surface area (Å²) in [6.45, 7) is 6.14. The van der Waals surface area contributed by atoms with Crippen LogP contribution >= 0.6 is 0 Å². The van der Waals surface area contributed by atoms with E-state index in [0.717, 1.165) is 58.2 Å². The van der Waals surface area contributed by atoms with E-state index in [4.69, 9.17) is 9.97 Å². The van der Waals surface area contributed by atoms with E-state index >= 15 is 0 Å². The van der Waals surface area contributed by atoms with E-state index in [9.17, 15) is 0 Å². The molecule has 0 atom stereocenters. The van der Waals surface area contributed by atoms with Crippen molar-refractivity contribution >= 4 is 11.0 Å². The lowest BCUT2D eigenvalue weighted by Crippen LogP contribution is -2.05. The zero-order valence-electron chi connectivity index (χ0n) is 15.8. The average Bonchev–Trinajstić information content (AvgIpc) is 3.07. The highest BCUT2D eigenvalue weighted by Crippen LogP contribution is 2.29. The van der Waals surface area contributed by atoms with Gasteiger partial charge in [0.15, 0.2) is 0 Å². The number of rotatable bonds is 4. The van der Waals surface area contributed by atoms with Crippen molar-refractivity contribution in [1.29, 1.82) is 0 Å². The van der Waals surface area contributed by atoms with Gasteiger partial charge in [-0.2, -0.15) is 0 Å². The van der Waals surface area contributed by atoms with Crippen molar-refractivity contribution in [2.45, 2.75) is 33.6 Å². The second-order valence-electron chi connectivity index (χ2n) is 6.15. The summed E-state index contributed by atoms with van der Waals surface area (Å²) in [7, 11) is 0. The van der Waals surface area contributed by atoms with Crippen LogP contribution in [0.25, 0.3) is 28.1 Å². The molecule has 4 rings (SSSR count). The van der Waals surface area contributed by atoms with E-state index in [1.54, 1.807) is 6.20 Å². The predicted octanol–water partition coefficient (Wildman–Crippen LogP) is 3.87. The minimum atomic E-state index is 0. The van der Waals surface area contributed by atoms with Gasteiger partial charge in [-0.25, -0.2) is 15.0 Å². The fourth-order valence-corrected chi connectivity index (χ4v) is 3.04. The third kappa shape index (κ3) is 3.29. The molecule has 4 aromatic heterocycles. The highest BCUT2D eigenvalue weighted by Gasteiger charge is 2.18. The summed E-state index contributed by atoms with van der Waals surface area (Å²) in [5.74, 6) is 1.67. The van der Waals surface area contributed by atoms with Gasteiger partial charge in [0.05, 0.1) is 40.4 Å². The van der Waals surface area contributed by atoms with Crippen LogP contribution in [0.2, 0.25) is 0 Å². The summed E-state index contributed by atoms with van der Waals surface area (Å²) in [4.78, 5) is 22.8. The van der Waals surface area contributed by atoms with Crippen LogP contribution < -0.4 is 6.15 Å². The molecule has 4 heterocycles. The molecule has 0 radical (unpaired) electrons. The molecule has 0 bridgehead atoms. The Bertz CT molecular complexity index is 1070. The molecule has 0 amide bonds. The lowest BCUT2D eigenvalue weighted by molar-refractivity contribution is 0.884. The Morgan fingerprint density at radius 2 is 1.78 bits per heavy atom. The summed E-state index contributed by atoms with van der Waals surface area (Å²) in [6.07, 6.45) is 8.97. The third-order valence-electron chi connectivity index (χ3n) is 4.42. The van der Waals surface area contributed by atoms with Crippen molar-refractivity contribution in [3.8, 4) is 17.1 Å². The predicted molar refractivity (Wildman–Crippen MR) is 106 cm³/mol. The van der Waals surface area contributed by atoms with Crippen molar-refractivity contribution in [3.05, 3.63) is 60.2 Å². The topological polar surface area (TPSA) is 104 Å². The summed E-state index contributed by atoms with van der Waals surface area (Å²) in [6, 6.07) is 5.97. The Balaban J connectivity index is 0.00000210. The summed E-state index contributed by atoms with van der Waals surface area (Å²) >= 11 is 0. The second-order valence-corrected chi connectivity index (χ2v) is 6.15. The van der Waals surface area contributed by atoms with Gasteiger partial charge in [0.25, 0.3) is 0 Å². The Kier molecular flexibility index (Phi) is 5.23. The van der Waals surface area contributed by atoms with Gasteiger partial charge in [-0.1, -0.05) is 13.8 Å². The number of nitrogens with zero attached hydrogens (tertiary/aromatic N) is 6. The van der Waals surface area contributed by atoms with Gasteiger partial charge < -0.3 is 6.15 Å². The van der Waals surface area contributed by atoms with E-state index in [2.05, 4.69) is 33.4 Å². The van der Waals surface area contributed by atoms with Crippen molar-refractivity contribution in [3.63, 3.8) is 0 Å². The molecule has 0 saturated carbocycles. The number of pyridine rings is 2. The molecule has 0 spiro atoms. The maximum atomic E-state index is 4.86. The molecule has 7 heteroatoms. The summed E-state index contributed by atoms with van der Waals surface area (Å²) in [5, 5.41) is 0. The molecule has 7 nitrogen and oxygen atoms in total. The van der Waals surface area contributed by atoms with Gasteiger partial charge in [-0.3, -0.25) is 14.5 Å². The van der Waals surface area contributed by atoms with Crippen LogP contribution in [0, 0.1) is 6.92 Å². The van der Waals surface area contributed by atoms with E-state index < -0.39 is 0 Å². The molecule has 3 N–H and O–H groups in total. The first-order valence-corrected chi connectivity index (χ1v) is 8.82. The molecular weight excluding hydrogens is 338 g/mol. The molecule has 0 fully saturated rings. The van der Waals surface area contributed by atoms with Gasteiger partial charge in [-0.15, -0.1) is 0 Å². The fraction of sp³-hybridized carbons (Fsp3) is 0.250. The van der Waals surface area contributed by atoms with Gasteiger partial charge in [0, 0.05) is 24.5 Å². The normalized spacial score (nSPS) is 10.8. The number of imidazole rings is 1. The molecule has 4 aromatic rings. The first kappa shape index (κ1) is 18.6. The minimum absolute atomic E-state index is 0. The Hall–Kier alpha value is -3.19. The SMILES string of the molecule is CCc1ncc(-c2nc3ccncc3n2-c2ccc(C)nc2)c(CC)n1.N. The van der Waals surface area contributed by atoms with Gasteiger partial charge >= 0.3 is 0 Å². The van der Waals surface area contributed by atoms with Crippen LogP contribution in [0.3, 0.4) is 0 Å².